The Balaban J connectivity index is 1.19. The Hall–Kier alpha value is -3.06. The van der Waals surface area contributed by atoms with Gasteiger partial charge in [0.25, 0.3) is 5.91 Å². The molecule has 7 heteroatoms. The summed E-state index contributed by atoms with van der Waals surface area (Å²) in [7, 11) is 1.81. The number of likely N-dealkylation sites (tertiary alicyclic amines) is 1. The Morgan fingerprint density at radius 2 is 1.85 bits per heavy atom. The van der Waals surface area contributed by atoms with Gasteiger partial charge in [0.15, 0.2) is 12.6 Å². The first-order valence-corrected chi connectivity index (χ1v) is 11.9. The zero-order valence-electron chi connectivity index (χ0n) is 19.7. The van der Waals surface area contributed by atoms with E-state index in [0.717, 1.165) is 56.3 Å². The van der Waals surface area contributed by atoms with Crippen molar-refractivity contribution in [2.24, 2.45) is 4.99 Å². The van der Waals surface area contributed by atoms with E-state index in [9.17, 15) is 4.79 Å². The molecule has 176 valence electrons. The van der Waals surface area contributed by atoms with Gasteiger partial charge in [-0.15, -0.1) is 0 Å². The fourth-order valence-electron chi connectivity index (χ4n) is 4.60. The van der Waals surface area contributed by atoms with Crippen molar-refractivity contribution in [1.29, 1.82) is 0 Å². The number of para-hydroxylation sites is 2. The maximum atomic E-state index is 12.3. The number of fused-ring (bicyclic) bond motifs is 1. The number of carbonyl (C=O) groups is 1. The lowest BCUT2D eigenvalue weighted by Crippen LogP contribution is -2.49. The molecule has 0 spiro atoms. The molecule has 0 bridgehead atoms. The number of nitrogens with zero attached hydrogens (tertiary/aromatic N) is 3. The summed E-state index contributed by atoms with van der Waals surface area (Å²) in [4.78, 5) is 21.1. The summed E-state index contributed by atoms with van der Waals surface area (Å²) in [5.74, 6) is 1.61. The van der Waals surface area contributed by atoms with Crippen LogP contribution in [-0.2, 0) is 4.79 Å². The maximum absolute atomic E-state index is 12.3. The van der Waals surface area contributed by atoms with Crippen molar-refractivity contribution in [2.75, 3.05) is 44.7 Å². The summed E-state index contributed by atoms with van der Waals surface area (Å²) in [5.41, 5.74) is 2.23. The van der Waals surface area contributed by atoms with Crippen molar-refractivity contribution >= 4 is 17.6 Å². The standard InChI is InChI=1S/C26H35N5O2/c1-20(21-9-4-3-5-10-21)30-17-13-22(14-18-30)29-26(27-2)28-15-8-16-31-23-11-6-7-12-24(23)33-19-25(31)32/h3-7,9-12,20,22H,8,13-19H2,1-2H3,(H2,27,28,29). The molecule has 2 heterocycles. The number of amides is 1. The Bertz CT molecular complexity index is 941. The van der Waals surface area contributed by atoms with E-state index in [0.29, 0.717) is 18.6 Å². The molecule has 2 N–H and O–H groups in total. The first-order valence-electron chi connectivity index (χ1n) is 11.9. The molecule has 2 aromatic carbocycles. The van der Waals surface area contributed by atoms with Gasteiger partial charge in [0.2, 0.25) is 0 Å². The molecule has 2 aliphatic heterocycles. The molecule has 7 nitrogen and oxygen atoms in total. The van der Waals surface area contributed by atoms with Gasteiger partial charge in [-0.3, -0.25) is 14.7 Å². The lowest BCUT2D eigenvalue weighted by molar-refractivity contribution is -0.121. The van der Waals surface area contributed by atoms with Crippen LogP contribution in [0.5, 0.6) is 5.75 Å². The molecule has 0 aromatic heterocycles. The van der Waals surface area contributed by atoms with Crippen LogP contribution in [-0.4, -0.2) is 62.6 Å². The highest BCUT2D eigenvalue weighted by atomic mass is 16.5. The highest BCUT2D eigenvalue weighted by Gasteiger charge is 2.25. The molecule has 1 saturated heterocycles. The first kappa shape index (κ1) is 23.1. The number of guanidine groups is 1. The molecule has 4 rings (SSSR count). The zero-order valence-corrected chi connectivity index (χ0v) is 19.7. The molecule has 1 atom stereocenters. The second-order valence-corrected chi connectivity index (χ2v) is 8.70. The lowest BCUT2D eigenvalue weighted by atomic mass is 10.0. The van der Waals surface area contributed by atoms with E-state index in [1.54, 1.807) is 0 Å². The van der Waals surface area contributed by atoms with E-state index in [1.165, 1.54) is 5.56 Å². The normalized spacial score (nSPS) is 18.4. The Morgan fingerprint density at radius 1 is 1.12 bits per heavy atom. The molecule has 2 aliphatic rings. The monoisotopic (exact) mass is 449 g/mol. The number of anilines is 1. The Labute approximate surface area is 196 Å². The Kier molecular flexibility index (Phi) is 7.83. The highest BCUT2D eigenvalue weighted by Crippen LogP contribution is 2.31. The number of ether oxygens (including phenoxy) is 1. The van der Waals surface area contributed by atoms with Crippen molar-refractivity contribution in [3.63, 3.8) is 0 Å². The third-order valence-electron chi connectivity index (χ3n) is 6.58. The summed E-state index contributed by atoms with van der Waals surface area (Å²) in [6.45, 7) is 5.94. The van der Waals surface area contributed by atoms with Crippen molar-refractivity contribution in [1.82, 2.24) is 15.5 Å². The predicted octanol–water partition coefficient (Wildman–Crippen LogP) is 3.19. The molecule has 33 heavy (non-hydrogen) atoms. The van der Waals surface area contributed by atoms with Gasteiger partial charge < -0.3 is 20.3 Å². The van der Waals surface area contributed by atoms with Crippen molar-refractivity contribution < 1.29 is 9.53 Å². The third-order valence-corrected chi connectivity index (χ3v) is 6.58. The molecule has 1 amide bonds. The first-order chi connectivity index (χ1) is 16.2. The summed E-state index contributed by atoms with van der Waals surface area (Å²) in [6.07, 6.45) is 3.02. The number of aliphatic imine (C=N–C) groups is 1. The van der Waals surface area contributed by atoms with E-state index in [-0.39, 0.29) is 12.5 Å². The summed E-state index contributed by atoms with van der Waals surface area (Å²) in [6, 6.07) is 19.3. The van der Waals surface area contributed by atoms with E-state index in [4.69, 9.17) is 4.74 Å². The van der Waals surface area contributed by atoms with Crippen LogP contribution in [0.2, 0.25) is 0 Å². The van der Waals surface area contributed by atoms with Gasteiger partial charge in [-0.25, -0.2) is 0 Å². The molecule has 1 unspecified atom stereocenters. The Morgan fingerprint density at radius 3 is 2.61 bits per heavy atom. The van der Waals surface area contributed by atoms with Gasteiger partial charge >= 0.3 is 0 Å². The van der Waals surface area contributed by atoms with Crippen LogP contribution in [0.4, 0.5) is 5.69 Å². The molecule has 2 aromatic rings. The number of nitrogens with one attached hydrogen (secondary N) is 2. The molecule has 0 aliphatic carbocycles. The largest absolute Gasteiger partial charge is 0.482 e. The van der Waals surface area contributed by atoms with E-state index in [2.05, 4.69) is 57.8 Å². The number of piperidine rings is 1. The van der Waals surface area contributed by atoms with Gasteiger partial charge in [-0.1, -0.05) is 42.5 Å². The molecule has 1 fully saturated rings. The number of rotatable bonds is 7. The number of carbonyl (C=O) groups excluding carboxylic acids is 1. The van der Waals surface area contributed by atoms with Gasteiger partial charge in [0.1, 0.15) is 5.75 Å². The van der Waals surface area contributed by atoms with Crippen LogP contribution in [0.3, 0.4) is 0 Å². The minimum atomic E-state index is 0.00713. The summed E-state index contributed by atoms with van der Waals surface area (Å²) >= 11 is 0. The van der Waals surface area contributed by atoms with Crippen LogP contribution >= 0.6 is 0 Å². The summed E-state index contributed by atoms with van der Waals surface area (Å²) < 4.78 is 5.52. The summed E-state index contributed by atoms with van der Waals surface area (Å²) in [5, 5.41) is 6.99. The highest BCUT2D eigenvalue weighted by molar-refractivity contribution is 5.97. The second kappa shape index (κ2) is 11.2. The van der Waals surface area contributed by atoms with E-state index >= 15 is 0 Å². The predicted molar refractivity (Wildman–Crippen MR) is 133 cm³/mol. The van der Waals surface area contributed by atoms with E-state index < -0.39 is 0 Å². The average Bonchev–Trinajstić information content (AvgIpc) is 2.87. The smallest absolute Gasteiger partial charge is 0.265 e. The molecule has 0 radical (unpaired) electrons. The molecular formula is C26H35N5O2. The van der Waals surface area contributed by atoms with Crippen LogP contribution in [0.25, 0.3) is 0 Å². The fraction of sp³-hybridized carbons (Fsp3) is 0.462. The zero-order chi connectivity index (χ0) is 23.0. The topological polar surface area (TPSA) is 69.2 Å². The lowest BCUT2D eigenvalue weighted by Gasteiger charge is -2.37. The van der Waals surface area contributed by atoms with Gasteiger partial charge in [-0.2, -0.15) is 0 Å². The average molecular weight is 450 g/mol. The quantitative estimate of drug-likeness (QED) is 0.386. The van der Waals surface area contributed by atoms with Gasteiger partial charge in [0, 0.05) is 45.3 Å². The van der Waals surface area contributed by atoms with Crippen LogP contribution in [0, 0.1) is 0 Å². The molecular weight excluding hydrogens is 414 g/mol. The van der Waals surface area contributed by atoms with Crippen LogP contribution in [0.15, 0.2) is 59.6 Å². The minimum absolute atomic E-state index is 0.00713. The number of hydrogen-bond donors (Lipinski definition) is 2. The molecule has 0 saturated carbocycles. The number of hydrogen-bond acceptors (Lipinski definition) is 4. The van der Waals surface area contributed by atoms with Gasteiger partial charge in [-0.05, 0) is 43.9 Å². The van der Waals surface area contributed by atoms with Crippen molar-refractivity contribution in [3.8, 4) is 5.75 Å². The fourth-order valence-corrected chi connectivity index (χ4v) is 4.60. The van der Waals surface area contributed by atoms with Crippen LogP contribution in [0.1, 0.15) is 37.8 Å². The van der Waals surface area contributed by atoms with Gasteiger partial charge in [0.05, 0.1) is 5.69 Å². The van der Waals surface area contributed by atoms with E-state index in [1.807, 2.05) is 36.2 Å². The second-order valence-electron chi connectivity index (χ2n) is 8.70. The minimum Gasteiger partial charge on any atom is -0.482 e. The van der Waals surface area contributed by atoms with Crippen molar-refractivity contribution in [2.45, 2.75) is 38.3 Å². The maximum Gasteiger partial charge on any atom is 0.265 e. The third kappa shape index (κ3) is 5.85. The number of benzene rings is 2. The van der Waals surface area contributed by atoms with Crippen LogP contribution < -0.4 is 20.3 Å². The SMILES string of the molecule is CN=C(NCCCN1C(=O)COc2ccccc21)NC1CCN(C(C)c2ccccc2)CC1. The van der Waals surface area contributed by atoms with Crippen molar-refractivity contribution in [3.05, 3.63) is 60.2 Å².